The molecule has 0 aromatic heterocycles. The smallest absolute Gasteiger partial charge is 0.330 e. The first-order chi connectivity index (χ1) is 10.3. The zero-order valence-electron chi connectivity index (χ0n) is 12.8. The molecule has 0 amide bonds. The molecule has 3 nitrogen and oxygen atoms in total. The zero-order valence-corrected chi connectivity index (χ0v) is 12.8. The van der Waals surface area contributed by atoms with Crippen LogP contribution < -0.4 is 0 Å². The second kappa shape index (κ2) is 8.63. The Kier molecular flexibility index (Phi) is 6.48. The number of likely N-dealkylation sites (tertiary alicyclic amines) is 1. The van der Waals surface area contributed by atoms with Gasteiger partial charge >= 0.3 is 5.97 Å². The van der Waals surface area contributed by atoms with Crippen molar-refractivity contribution in [3.63, 3.8) is 0 Å². The molecule has 3 heteroatoms. The number of carbonyl (C=O) groups excluding carboxylic acids is 1. The number of ether oxygens (including phenoxy) is 1. The van der Waals surface area contributed by atoms with Gasteiger partial charge in [0.1, 0.15) is 6.61 Å². The number of esters is 1. The molecule has 1 aromatic rings. The van der Waals surface area contributed by atoms with Crippen molar-refractivity contribution in [2.45, 2.75) is 38.6 Å². The third-order valence-corrected chi connectivity index (χ3v) is 3.96. The highest BCUT2D eigenvalue weighted by molar-refractivity contribution is 5.87. The number of carbonyl (C=O) groups is 1. The first-order valence-corrected chi connectivity index (χ1v) is 7.93. The minimum Gasteiger partial charge on any atom is -0.461 e. The maximum Gasteiger partial charge on any atom is 0.330 e. The molecule has 1 saturated heterocycles. The Morgan fingerprint density at radius 2 is 2.19 bits per heavy atom. The van der Waals surface area contributed by atoms with Crippen molar-refractivity contribution in [1.29, 1.82) is 0 Å². The predicted molar refractivity (Wildman–Crippen MR) is 85.9 cm³/mol. The van der Waals surface area contributed by atoms with Crippen molar-refractivity contribution in [2.75, 3.05) is 19.7 Å². The van der Waals surface area contributed by atoms with E-state index in [9.17, 15) is 4.79 Å². The van der Waals surface area contributed by atoms with Crippen LogP contribution in [0.2, 0.25) is 0 Å². The van der Waals surface area contributed by atoms with Gasteiger partial charge in [-0.3, -0.25) is 4.90 Å². The summed E-state index contributed by atoms with van der Waals surface area (Å²) in [6.07, 6.45) is 8.33. The van der Waals surface area contributed by atoms with Crippen molar-refractivity contribution >= 4 is 12.0 Å². The number of hydrogen-bond donors (Lipinski definition) is 0. The van der Waals surface area contributed by atoms with Gasteiger partial charge in [-0.05, 0) is 37.4 Å². The van der Waals surface area contributed by atoms with E-state index in [1.165, 1.54) is 31.8 Å². The molecule has 2 rings (SSSR count). The Morgan fingerprint density at radius 3 is 2.95 bits per heavy atom. The largest absolute Gasteiger partial charge is 0.461 e. The molecule has 1 atom stereocenters. The van der Waals surface area contributed by atoms with E-state index in [1.807, 2.05) is 30.3 Å². The number of nitrogens with zero attached hydrogens (tertiary/aromatic N) is 1. The fraction of sp³-hybridized carbons (Fsp3) is 0.500. The molecule has 1 aliphatic heterocycles. The van der Waals surface area contributed by atoms with E-state index in [-0.39, 0.29) is 5.97 Å². The Morgan fingerprint density at radius 1 is 1.38 bits per heavy atom. The molecule has 0 radical (unpaired) electrons. The lowest BCUT2D eigenvalue weighted by Gasteiger charge is -2.23. The van der Waals surface area contributed by atoms with Crippen molar-refractivity contribution in [2.24, 2.45) is 0 Å². The van der Waals surface area contributed by atoms with E-state index in [0.29, 0.717) is 12.6 Å². The van der Waals surface area contributed by atoms with Crippen LogP contribution in [-0.2, 0) is 9.53 Å². The van der Waals surface area contributed by atoms with Crippen LogP contribution in [0.25, 0.3) is 6.08 Å². The maximum atomic E-state index is 11.7. The first-order valence-electron chi connectivity index (χ1n) is 7.93. The predicted octanol–water partition coefficient (Wildman–Crippen LogP) is 3.51. The van der Waals surface area contributed by atoms with Crippen LogP contribution in [0.1, 0.15) is 38.2 Å². The van der Waals surface area contributed by atoms with Crippen LogP contribution in [0.15, 0.2) is 36.4 Å². The number of hydrogen-bond acceptors (Lipinski definition) is 3. The number of benzene rings is 1. The van der Waals surface area contributed by atoms with Gasteiger partial charge in [-0.25, -0.2) is 4.79 Å². The Hall–Kier alpha value is -1.61. The van der Waals surface area contributed by atoms with Crippen molar-refractivity contribution in [3.05, 3.63) is 42.0 Å². The monoisotopic (exact) mass is 287 g/mol. The molecule has 1 aromatic carbocycles. The lowest BCUT2D eigenvalue weighted by atomic mass is 10.1. The Bertz CT molecular complexity index is 456. The fourth-order valence-corrected chi connectivity index (χ4v) is 2.89. The molecule has 1 fully saturated rings. The third kappa shape index (κ3) is 5.35. The molecule has 0 bridgehead atoms. The highest BCUT2D eigenvalue weighted by atomic mass is 16.5. The van der Waals surface area contributed by atoms with Crippen LogP contribution in [0.4, 0.5) is 0 Å². The van der Waals surface area contributed by atoms with Gasteiger partial charge in [-0.15, -0.1) is 0 Å². The Balaban J connectivity index is 1.68. The minimum atomic E-state index is -0.259. The van der Waals surface area contributed by atoms with Crippen LogP contribution >= 0.6 is 0 Å². The standard InChI is InChI=1S/C18H25NO2/c1-2-7-17-10-6-13-19(17)14-15-21-18(20)12-11-16-8-4-3-5-9-16/h3-5,8-9,11-12,17H,2,6-7,10,13-15H2,1H3/b12-11+. The van der Waals surface area contributed by atoms with Gasteiger partial charge in [0.05, 0.1) is 0 Å². The topological polar surface area (TPSA) is 29.5 Å². The van der Waals surface area contributed by atoms with E-state index < -0.39 is 0 Å². The summed E-state index contributed by atoms with van der Waals surface area (Å²) < 4.78 is 5.28. The van der Waals surface area contributed by atoms with Crippen molar-refractivity contribution in [1.82, 2.24) is 4.90 Å². The molecule has 1 aliphatic rings. The van der Waals surface area contributed by atoms with E-state index in [2.05, 4.69) is 11.8 Å². The lowest BCUT2D eigenvalue weighted by molar-refractivity contribution is -0.138. The highest BCUT2D eigenvalue weighted by Crippen LogP contribution is 2.20. The van der Waals surface area contributed by atoms with E-state index >= 15 is 0 Å². The summed E-state index contributed by atoms with van der Waals surface area (Å²) in [7, 11) is 0. The van der Waals surface area contributed by atoms with Gasteiger partial charge in [0.15, 0.2) is 0 Å². The summed E-state index contributed by atoms with van der Waals surface area (Å²) in [4.78, 5) is 14.1. The molecular formula is C18H25NO2. The minimum absolute atomic E-state index is 0.259. The van der Waals surface area contributed by atoms with Crippen molar-refractivity contribution < 1.29 is 9.53 Å². The molecule has 114 valence electrons. The van der Waals surface area contributed by atoms with Gasteiger partial charge in [0.25, 0.3) is 0 Å². The fourth-order valence-electron chi connectivity index (χ4n) is 2.89. The molecule has 0 saturated carbocycles. The molecule has 1 unspecified atom stereocenters. The van der Waals surface area contributed by atoms with Gasteiger partial charge in [-0.2, -0.15) is 0 Å². The SMILES string of the molecule is CCCC1CCCN1CCOC(=O)/C=C/c1ccccc1. The first kappa shape index (κ1) is 15.8. The highest BCUT2D eigenvalue weighted by Gasteiger charge is 2.23. The zero-order chi connectivity index (χ0) is 14.9. The van der Waals surface area contributed by atoms with Crippen LogP contribution in [0, 0.1) is 0 Å². The summed E-state index contributed by atoms with van der Waals surface area (Å²) in [5, 5.41) is 0. The van der Waals surface area contributed by atoms with Crippen LogP contribution in [0.5, 0.6) is 0 Å². The van der Waals surface area contributed by atoms with Gasteiger partial charge in [0, 0.05) is 18.7 Å². The van der Waals surface area contributed by atoms with E-state index in [0.717, 1.165) is 18.7 Å². The van der Waals surface area contributed by atoms with Gasteiger partial charge in [0.2, 0.25) is 0 Å². The second-order valence-corrected chi connectivity index (χ2v) is 5.53. The molecule has 0 aliphatic carbocycles. The van der Waals surface area contributed by atoms with Crippen LogP contribution in [0.3, 0.4) is 0 Å². The van der Waals surface area contributed by atoms with Crippen LogP contribution in [-0.4, -0.2) is 36.6 Å². The summed E-state index contributed by atoms with van der Waals surface area (Å²) in [5.74, 6) is -0.259. The summed E-state index contributed by atoms with van der Waals surface area (Å²) in [5.41, 5.74) is 1.01. The van der Waals surface area contributed by atoms with E-state index in [4.69, 9.17) is 4.74 Å². The normalized spacial score (nSPS) is 19.2. The summed E-state index contributed by atoms with van der Waals surface area (Å²) in [6.45, 7) is 4.71. The molecule has 0 spiro atoms. The molecule has 0 N–H and O–H groups in total. The lowest BCUT2D eigenvalue weighted by Crippen LogP contribution is -2.32. The number of rotatable bonds is 7. The second-order valence-electron chi connectivity index (χ2n) is 5.53. The maximum absolute atomic E-state index is 11.7. The molecule has 1 heterocycles. The average molecular weight is 287 g/mol. The quantitative estimate of drug-likeness (QED) is 0.568. The molecular weight excluding hydrogens is 262 g/mol. The third-order valence-electron chi connectivity index (χ3n) is 3.96. The average Bonchev–Trinajstić information content (AvgIpc) is 2.94. The van der Waals surface area contributed by atoms with E-state index in [1.54, 1.807) is 6.08 Å². The Labute approximate surface area is 127 Å². The molecule has 21 heavy (non-hydrogen) atoms. The summed E-state index contributed by atoms with van der Waals surface area (Å²) >= 11 is 0. The van der Waals surface area contributed by atoms with Gasteiger partial charge < -0.3 is 4.74 Å². The van der Waals surface area contributed by atoms with Crippen molar-refractivity contribution in [3.8, 4) is 0 Å². The van der Waals surface area contributed by atoms with Gasteiger partial charge in [-0.1, -0.05) is 43.7 Å². The summed E-state index contributed by atoms with van der Waals surface area (Å²) in [6, 6.07) is 10.5.